The van der Waals surface area contributed by atoms with Crippen LogP contribution >= 0.6 is 0 Å². The van der Waals surface area contributed by atoms with Crippen molar-refractivity contribution in [3.8, 4) is 0 Å². The Kier molecular flexibility index (Phi) is 2.95. The van der Waals surface area contributed by atoms with Gasteiger partial charge in [0, 0.05) is 42.8 Å². The summed E-state index contributed by atoms with van der Waals surface area (Å²) in [4.78, 5) is 20.6. The summed E-state index contributed by atoms with van der Waals surface area (Å²) in [7, 11) is 4.13. The standard InChI is InChI=1S/C20H23N3O/c1-22-11-13(20(24)23(2)14-6-7-14)8-16-15-4-3-5-17-19(15)12(10-21-17)9-18(16)22/h3-5,8,10,13-14,18,21H,6-7,9,11H2,1-2H3/t13?,18-/m1/s1. The van der Waals surface area contributed by atoms with E-state index in [2.05, 4.69) is 47.4 Å². The molecule has 0 spiro atoms. The number of hydrogen-bond donors (Lipinski definition) is 1. The Morgan fingerprint density at radius 2 is 2.17 bits per heavy atom. The van der Waals surface area contributed by atoms with Crippen molar-refractivity contribution in [1.29, 1.82) is 0 Å². The third-order valence-corrected chi connectivity index (χ3v) is 6.03. The van der Waals surface area contributed by atoms with Crippen molar-refractivity contribution in [2.24, 2.45) is 5.92 Å². The second-order valence-electron chi connectivity index (χ2n) is 7.61. The van der Waals surface area contributed by atoms with Gasteiger partial charge < -0.3 is 9.88 Å². The molecule has 1 amide bonds. The summed E-state index contributed by atoms with van der Waals surface area (Å²) in [5.74, 6) is 0.255. The molecule has 1 unspecified atom stereocenters. The summed E-state index contributed by atoms with van der Waals surface area (Å²) in [5, 5.41) is 1.34. The zero-order valence-corrected chi connectivity index (χ0v) is 14.2. The molecule has 124 valence electrons. The number of aromatic amines is 1. The lowest BCUT2D eigenvalue weighted by atomic mass is 9.79. The van der Waals surface area contributed by atoms with Gasteiger partial charge in [0.05, 0.1) is 5.92 Å². The van der Waals surface area contributed by atoms with Gasteiger partial charge in [-0.15, -0.1) is 0 Å². The average Bonchev–Trinajstić information content (AvgIpc) is 3.36. The molecule has 1 saturated carbocycles. The molecular weight excluding hydrogens is 298 g/mol. The second-order valence-corrected chi connectivity index (χ2v) is 7.61. The molecule has 24 heavy (non-hydrogen) atoms. The second kappa shape index (κ2) is 4.96. The molecule has 1 fully saturated rings. The maximum Gasteiger partial charge on any atom is 0.230 e. The molecule has 4 heteroatoms. The number of benzene rings is 1. The lowest BCUT2D eigenvalue weighted by Crippen LogP contribution is -2.47. The molecule has 2 atom stereocenters. The van der Waals surface area contributed by atoms with E-state index < -0.39 is 0 Å². The van der Waals surface area contributed by atoms with Gasteiger partial charge in [-0.1, -0.05) is 18.2 Å². The Morgan fingerprint density at radius 3 is 2.96 bits per heavy atom. The zero-order valence-electron chi connectivity index (χ0n) is 14.2. The maximum atomic E-state index is 12.9. The molecule has 1 N–H and O–H groups in total. The van der Waals surface area contributed by atoms with Gasteiger partial charge in [0.25, 0.3) is 0 Å². The lowest BCUT2D eigenvalue weighted by molar-refractivity contribution is -0.133. The Bertz CT molecular complexity index is 861. The van der Waals surface area contributed by atoms with Gasteiger partial charge in [-0.2, -0.15) is 0 Å². The topological polar surface area (TPSA) is 39.3 Å². The SMILES string of the molecule is CN(C(=O)C1C=C2c3cccc4[nH]cc(c34)C[C@H]2N(C)C1)C1CC1. The number of fused-ring (bicyclic) bond motifs is 2. The van der Waals surface area contributed by atoms with Crippen LogP contribution in [0.25, 0.3) is 16.5 Å². The fraction of sp³-hybridized carbons (Fsp3) is 0.450. The minimum absolute atomic E-state index is 0.0254. The van der Waals surface area contributed by atoms with Gasteiger partial charge in [0.1, 0.15) is 0 Å². The molecule has 5 rings (SSSR count). The summed E-state index contributed by atoms with van der Waals surface area (Å²) in [6.07, 6.45) is 7.76. The highest BCUT2D eigenvalue weighted by Crippen LogP contribution is 2.41. The minimum Gasteiger partial charge on any atom is -0.361 e. The Morgan fingerprint density at radius 1 is 1.33 bits per heavy atom. The van der Waals surface area contributed by atoms with E-state index in [1.807, 2.05) is 11.9 Å². The summed E-state index contributed by atoms with van der Waals surface area (Å²) in [6.45, 7) is 0.819. The Balaban J connectivity index is 1.59. The molecule has 2 aromatic rings. The van der Waals surface area contributed by atoms with Gasteiger partial charge in [0.15, 0.2) is 0 Å². The number of aromatic nitrogens is 1. The number of rotatable bonds is 2. The van der Waals surface area contributed by atoms with Gasteiger partial charge in [0.2, 0.25) is 5.91 Å². The van der Waals surface area contributed by atoms with E-state index >= 15 is 0 Å². The maximum absolute atomic E-state index is 12.9. The van der Waals surface area contributed by atoms with Gasteiger partial charge >= 0.3 is 0 Å². The van der Waals surface area contributed by atoms with Crippen LogP contribution in [0.4, 0.5) is 0 Å². The van der Waals surface area contributed by atoms with E-state index in [1.165, 1.54) is 27.6 Å². The summed E-state index contributed by atoms with van der Waals surface area (Å²) in [6, 6.07) is 7.32. The van der Waals surface area contributed by atoms with Crippen molar-refractivity contribution >= 4 is 22.4 Å². The highest BCUT2D eigenvalue weighted by atomic mass is 16.2. The van der Waals surface area contributed by atoms with E-state index in [-0.39, 0.29) is 11.8 Å². The van der Waals surface area contributed by atoms with Gasteiger partial charge in [-0.05, 0) is 49.1 Å². The van der Waals surface area contributed by atoms with Crippen molar-refractivity contribution in [3.63, 3.8) is 0 Å². The van der Waals surface area contributed by atoms with Crippen LogP contribution in [0.2, 0.25) is 0 Å². The third kappa shape index (κ3) is 1.99. The fourth-order valence-electron chi connectivity index (χ4n) is 4.51. The molecule has 0 radical (unpaired) electrons. The monoisotopic (exact) mass is 321 g/mol. The van der Waals surface area contributed by atoms with E-state index in [4.69, 9.17) is 0 Å². The van der Waals surface area contributed by atoms with E-state index in [1.54, 1.807) is 0 Å². The first-order valence-corrected chi connectivity index (χ1v) is 8.91. The predicted octanol–water partition coefficient (Wildman–Crippen LogP) is 2.66. The molecule has 1 aliphatic heterocycles. The molecule has 4 nitrogen and oxygen atoms in total. The summed E-state index contributed by atoms with van der Waals surface area (Å²) < 4.78 is 0. The number of amides is 1. The number of likely N-dealkylation sites (N-methyl/N-ethyl adjacent to an activating group) is 1. The fourth-order valence-corrected chi connectivity index (χ4v) is 4.51. The van der Waals surface area contributed by atoms with E-state index in [0.717, 1.165) is 25.8 Å². The molecular formula is C20H23N3O. The highest BCUT2D eigenvalue weighted by molar-refractivity contribution is 5.99. The smallest absolute Gasteiger partial charge is 0.230 e. The van der Waals surface area contributed by atoms with Crippen molar-refractivity contribution in [2.45, 2.75) is 31.3 Å². The lowest BCUT2D eigenvalue weighted by Gasteiger charge is -2.40. The molecule has 3 aliphatic rings. The predicted molar refractivity (Wildman–Crippen MR) is 95.7 cm³/mol. The number of carbonyl (C=O) groups excluding carboxylic acids is 1. The first-order chi connectivity index (χ1) is 11.6. The molecule has 0 saturated heterocycles. The summed E-state index contributed by atoms with van der Waals surface area (Å²) >= 11 is 0. The number of hydrogen-bond acceptors (Lipinski definition) is 2. The number of nitrogens with zero attached hydrogens (tertiary/aromatic N) is 2. The zero-order chi connectivity index (χ0) is 16.4. The van der Waals surface area contributed by atoms with E-state index in [0.29, 0.717) is 12.1 Å². The molecule has 1 aromatic heterocycles. The van der Waals surface area contributed by atoms with Crippen LogP contribution < -0.4 is 0 Å². The van der Waals surface area contributed by atoms with E-state index in [9.17, 15) is 4.79 Å². The highest BCUT2D eigenvalue weighted by Gasteiger charge is 2.38. The van der Waals surface area contributed by atoms with Crippen LogP contribution in [0.15, 0.2) is 30.5 Å². The van der Waals surface area contributed by atoms with Crippen molar-refractivity contribution in [3.05, 3.63) is 41.6 Å². The molecule has 1 aromatic carbocycles. The largest absolute Gasteiger partial charge is 0.361 e. The first kappa shape index (κ1) is 14.3. The number of nitrogens with one attached hydrogen (secondary N) is 1. The van der Waals surface area contributed by atoms with Crippen LogP contribution in [0.3, 0.4) is 0 Å². The van der Waals surface area contributed by atoms with Crippen molar-refractivity contribution in [1.82, 2.24) is 14.8 Å². The number of carbonyl (C=O) groups is 1. The molecule has 2 heterocycles. The van der Waals surface area contributed by atoms with Gasteiger partial charge in [-0.25, -0.2) is 0 Å². The Hall–Kier alpha value is -2.07. The Labute approximate surface area is 142 Å². The van der Waals surface area contributed by atoms with Crippen LogP contribution in [0.5, 0.6) is 0 Å². The van der Waals surface area contributed by atoms with Crippen LogP contribution in [0.1, 0.15) is 24.0 Å². The molecule has 0 bridgehead atoms. The molecule has 2 aliphatic carbocycles. The van der Waals surface area contributed by atoms with Crippen LogP contribution in [-0.4, -0.2) is 53.4 Å². The first-order valence-electron chi connectivity index (χ1n) is 8.91. The van der Waals surface area contributed by atoms with Crippen molar-refractivity contribution < 1.29 is 4.79 Å². The average molecular weight is 321 g/mol. The quantitative estimate of drug-likeness (QED) is 0.924. The van der Waals surface area contributed by atoms with Crippen LogP contribution in [-0.2, 0) is 11.2 Å². The normalized spacial score (nSPS) is 26.2. The van der Waals surface area contributed by atoms with Gasteiger partial charge in [-0.3, -0.25) is 9.69 Å². The van der Waals surface area contributed by atoms with Crippen molar-refractivity contribution in [2.75, 3.05) is 20.6 Å². The third-order valence-electron chi connectivity index (χ3n) is 6.03. The summed E-state index contributed by atoms with van der Waals surface area (Å²) in [5.41, 5.74) is 5.24. The van der Waals surface area contributed by atoms with Crippen LogP contribution in [0, 0.1) is 5.92 Å². The minimum atomic E-state index is -0.0254. The number of H-pyrrole nitrogens is 1.